The molecule has 0 spiro atoms. The zero-order valence-corrected chi connectivity index (χ0v) is 13.0. The van der Waals surface area contributed by atoms with Crippen LogP contribution in [0.4, 0.5) is 0 Å². The van der Waals surface area contributed by atoms with Crippen LogP contribution in [-0.4, -0.2) is 18.3 Å². The number of hydrogen-bond donors (Lipinski definition) is 1. The van der Waals surface area contributed by atoms with Gasteiger partial charge in [-0.2, -0.15) is 5.26 Å². The number of rotatable bonds is 5. The lowest BCUT2D eigenvalue weighted by Crippen LogP contribution is -2.31. The molecule has 1 heterocycles. The minimum Gasteiger partial charge on any atom is -0.494 e. The van der Waals surface area contributed by atoms with Crippen molar-refractivity contribution in [3.63, 3.8) is 0 Å². The van der Waals surface area contributed by atoms with Gasteiger partial charge in [0.25, 0.3) is 0 Å². The first-order valence-corrected chi connectivity index (χ1v) is 7.98. The molecule has 0 unspecified atom stereocenters. The van der Waals surface area contributed by atoms with Gasteiger partial charge in [0.05, 0.1) is 23.3 Å². The summed E-state index contributed by atoms with van der Waals surface area (Å²) in [5.74, 6) is 1.26. The maximum atomic E-state index is 12.0. The van der Waals surface area contributed by atoms with Gasteiger partial charge in [-0.25, -0.2) is 0 Å². The molecule has 110 valence electrons. The summed E-state index contributed by atoms with van der Waals surface area (Å²) in [6, 6.07) is 9.88. The molecule has 1 atom stereocenters. The van der Waals surface area contributed by atoms with Crippen molar-refractivity contribution in [2.24, 2.45) is 0 Å². The zero-order valence-electron chi connectivity index (χ0n) is 12.2. The minimum absolute atomic E-state index is 0.0544. The molecule has 0 aromatic heterocycles. The standard InChI is InChI=1S/C16H18N2O2S/c1-3-20-14-8-6-5-7-11(14)12-9-15(19)18-16(21-4-2)13(12)10-17/h5-8,12H,3-4,9H2,1-2H3,(H,18,19)/t12-/m0/s1. The van der Waals surface area contributed by atoms with E-state index in [2.05, 4.69) is 11.4 Å². The van der Waals surface area contributed by atoms with Crippen molar-refractivity contribution >= 4 is 17.7 Å². The topological polar surface area (TPSA) is 62.1 Å². The largest absolute Gasteiger partial charge is 0.494 e. The van der Waals surface area contributed by atoms with Crippen LogP contribution in [0.3, 0.4) is 0 Å². The highest BCUT2D eigenvalue weighted by atomic mass is 32.2. The number of carbonyl (C=O) groups is 1. The predicted molar refractivity (Wildman–Crippen MR) is 83.9 cm³/mol. The van der Waals surface area contributed by atoms with E-state index in [0.29, 0.717) is 17.2 Å². The van der Waals surface area contributed by atoms with E-state index in [-0.39, 0.29) is 18.2 Å². The molecule has 0 saturated heterocycles. The average Bonchev–Trinajstić information content (AvgIpc) is 2.48. The van der Waals surface area contributed by atoms with E-state index < -0.39 is 0 Å². The number of allylic oxidation sites excluding steroid dienone is 1. The Labute approximate surface area is 129 Å². The Kier molecular flexibility index (Phi) is 5.29. The smallest absolute Gasteiger partial charge is 0.225 e. The molecule has 1 aromatic carbocycles. The summed E-state index contributed by atoms with van der Waals surface area (Å²) >= 11 is 1.49. The highest BCUT2D eigenvalue weighted by molar-refractivity contribution is 8.03. The maximum Gasteiger partial charge on any atom is 0.225 e. The van der Waals surface area contributed by atoms with E-state index in [1.165, 1.54) is 11.8 Å². The predicted octanol–water partition coefficient (Wildman–Crippen LogP) is 3.18. The first kappa shape index (κ1) is 15.5. The number of nitrogens with one attached hydrogen (secondary N) is 1. The van der Waals surface area contributed by atoms with Gasteiger partial charge >= 0.3 is 0 Å². The van der Waals surface area contributed by atoms with Gasteiger partial charge in [-0.15, -0.1) is 11.8 Å². The first-order valence-electron chi connectivity index (χ1n) is 6.99. The van der Waals surface area contributed by atoms with E-state index in [1.54, 1.807) is 0 Å². The molecule has 1 N–H and O–H groups in total. The molecule has 1 amide bonds. The average molecular weight is 302 g/mol. The van der Waals surface area contributed by atoms with Crippen LogP contribution in [0.1, 0.15) is 31.7 Å². The number of benzene rings is 1. The SMILES string of the molecule is CCOc1ccccc1[C@@H]1CC(=O)NC(SCC)=C1C#N. The van der Waals surface area contributed by atoms with Crippen molar-refractivity contribution in [1.29, 1.82) is 5.26 Å². The highest BCUT2D eigenvalue weighted by Gasteiger charge is 2.31. The van der Waals surface area contributed by atoms with Crippen LogP contribution in [0, 0.1) is 11.3 Å². The van der Waals surface area contributed by atoms with Crippen LogP contribution in [0.15, 0.2) is 34.9 Å². The molecule has 2 rings (SSSR count). The minimum atomic E-state index is -0.236. The van der Waals surface area contributed by atoms with Gasteiger partial charge in [-0.3, -0.25) is 4.79 Å². The Bertz CT molecular complexity index is 605. The molecule has 0 fully saturated rings. The van der Waals surface area contributed by atoms with Crippen molar-refractivity contribution in [3.05, 3.63) is 40.4 Å². The van der Waals surface area contributed by atoms with Crippen molar-refractivity contribution in [1.82, 2.24) is 5.32 Å². The summed E-state index contributed by atoms with van der Waals surface area (Å²) < 4.78 is 5.64. The van der Waals surface area contributed by atoms with Crippen molar-refractivity contribution < 1.29 is 9.53 Å². The number of para-hydroxylation sites is 1. The maximum absolute atomic E-state index is 12.0. The van der Waals surface area contributed by atoms with Crippen molar-refractivity contribution in [2.45, 2.75) is 26.2 Å². The van der Waals surface area contributed by atoms with Gasteiger partial charge in [-0.05, 0) is 18.7 Å². The second kappa shape index (κ2) is 7.19. The number of nitrogens with zero attached hydrogens (tertiary/aromatic N) is 1. The summed E-state index contributed by atoms with van der Waals surface area (Å²) in [7, 11) is 0. The van der Waals surface area contributed by atoms with Crippen LogP contribution in [0.2, 0.25) is 0 Å². The third kappa shape index (κ3) is 3.40. The quantitative estimate of drug-likeness (QED) is 0.907. The van der Waals surface area contributed by atoms with Crippen molar-refractivity contribution in [2.75, 3.05) is 12.4 Å². The second-order valence-electron chi connectivity index (χ2n) is 4.56. The summed E-state index contributed by atoms with van der Waals surface area (Å²) in [6.07, 6.45) is 0.279. The number of ether oxygens (including phenoxy) is 1. The third-order valence-electron chi connectivity index (χ3n) is 3.24. The van der Waals surface area contributed by atoms with E-state index in [4.69, 9.17) is 4.74 Å². The Morgan fingerprint density at radius 1 is 1.43 bits per heavy atom. The van der Waals surface area contributed by atoms with Crippen LogP contribution in [0.5, 0.6) is 5.75 Å². The number of thioether (sulfide) groups is 1. The van der Waals surface area contributed by atoms with Gasteiger partial charge in [-0.1, -0.05) is 25.1 Å². The summed E-state index contributed by atoms with van der Waals surface area (Å²) in [5.41, 5.74) is 1.52. The number of nitriles is 1. The fourth-order valence-corrected chi connectivity index (χ4v) is 3.22. The van der Waals surface area contributed by atoms with Gasteiger partial charge in [0.15, 0.2) is 0 Å². The first-order chi connectivity index (χ1) is 10.2. The highest BCUT2D eigenvalue weighted by Crippen LogP contribution is 2.39. The number of amides is 1. The lowest BCUT2D eigenvalue weighted by atomic mass is 9.86. The van der Waals surface area contributed by atoms with Gasteiger partial charge in [0.1, 0.15) is 5.75 Å². The normalized spacial score (nSPS) is 18.1. The molecule has 0 bridgehead atoms. The Morgan fingerprint density at radius 3 is 2.86 bits per heavy atom. The molecule has 1 aliphatic heterocycles. The molecule has 21 heavy (non-hydrogen) atoms. The van der Waals surface area contributed by atoms with E-state index in [0.717, 1.165) is 17.1 Å². The summed E-state index contributed by atoms with van der Waals surface area (Å²) in [4.78, 5) is 12.0. The van der Waals surface area contributed by atoms with E-state index in [1.807, 2.05) is 38.1 Å². The molecular formula is C16H18N2O2S. The Balaban J connectivity index is 2.48. The van der Waals surface area contributed by atoms with Crippen LogP contribution in [0.25, 0.3) is 0 Å². The van der Waals surface area contributed by atoms with Gasteiger partial charge < -0.3 is 10.1 Å². The Morgan fingerprint density at radius 2 is 2.19 bits per heavy atom. The number of hydrogen-bond acceptors (Lipinski definition) is 4. The molecule has 5 heteroatoms. The Hall–Kier alpha value is -1.93. The van der Waals surface area contributed by atoms with Gasteiger partial charge in [0.2, 0.25) is 5.91 Å². The fraction of sp³-hybridized carbons (Fsp3) is 0.375. The lowest BCUT2D eigenvalue weighted by Gasteiger charge is -2.26. The fourth-order valence-electron chi connectivity index (χ4n) is 2.40. The molecule has 4 nitrogen and oxygen atoms in total. The zero-order chi connectivity index (χ0) is 15.2. The van der Waals surface area contributed by atoms with E-state index >= 15 is 0 Å². The molecular weight excluding hydrogens is 284 g/mol. The van der Waals surface area contributed by atoms with Crippen molar-refractivity contribution in [3.8, 4) is 11.8 Å². The molecule has 0 aliphatic carbocycles. The summed E-state index contributed by atoms with van der Waals surface area (Å²) in [6.45, 7) is 4.47. The van der Waals surface area contributed by atoms with E-state index in [9.17, 15) is 10.1 Å². The van der Waals surface area contributed by atoms with Crippen LogP contribution in [-0.2, 0) is 4.79 Å². The molecule has 0 saturated carbocycles. The van der Waals surface area contributed by atoms with Gasteiger partial charge in [0, 0.05) is 17.9 Å². The molecule has 1 aromatic rings. The monoisotopic (exact) mass is 302 g/mol. The molecule has 1 aliphatic rings. The number of carbonyl (C=O) groups excluding carboxylic acids is 1. The van der Waals surface area contributed by atoms with Crippen LogP contribution < -0.4 is 10.1 Å². The second-order valence-corrected chi connectivity index (χ2v) is 5.84. The lowest BCUT2D eigenvalue weighted by molar-refractivity contribution is -0.120. The van der Waals surface area contributed by atoms with Crippen LogP contribution >= 0.6 is 11.8 Å². The summed E-state index contributed by atoms with van der Waals surface area (Å²) in [5, 5.41) is 13.0. The molecule has 0 radical (unpaired) electrons. The third-order valence-corrected chi connectivity index (χ3v) is 4.14.